The molecule has 18 heavy (non-hydrogen) atoms. The molecule has 0 aromatic rings. The van der Waals surface area contributed by atoms with E-state index in [-0.39, 0.29) is 23.6 Å². The van der Waals surface area contributed by atoms with E-state index in [9.17, 15) is 9.90 Å². The molecule has 4 atom stereocenters. The molecule has 1 N–H and O–H groups in total. The first-order valence-corrected chi connectivity index (χ1v) is 6.67. The van der Waals surface area contributed by atoms with Crippen molar-refractivity contribution in [2.24, 2.45) is 11.3 Å². The van der Waals surface area contributed by atoms with Gasteiger partial charge in [0.15, 0.2) is 0 Å². The highest BCUT2D eigenvalue weighted by Crippen LogP contribution is 2.55. The summed E-state index contributed by atoms with van der Waals surface area (Å²) in [7, 11) is 0. The first kappa shape index (κ1) is 12.0. The molecule has 0 amide bonds. The van der Waals surface area contributed by atoms with E-state index >= 15 is 0 Å². The Morgan fingerprint density at radius 3 is 2.83 bits per heavy atom. The van der Waals surface area contributed by atoms with Crippen molar-refractivity contribution in [3.8, 4) is 0 Å². The fourth-order valence-corrected chi connectivity index (χ4v) is 4.06. The highest BCUT2D eigenvalue weighted by Gasteiger charge is 2.50. The maximum absolute atomic E-state index is 11.6. The average molecular weight is 248 g/mol. The lowest BCUT2D eigenvalue weighted by Gasteiger charge is -2.49. The molecule has 3 nitrogen and oxygen atoms in total. The third-order valence-corrected chi connectivity index (χ3v) is 5.04. The molecule has 0 saturated heterocycles. The highest BCUT2D eigenvalue weighted by atomic mass is 16.5. The number of hydrogen-bond acceptors (Lipinski definition) is 3. The van der Waals surface area contributed by atoms with E-state index in [1.807, 2.05) is 6.92 Å². The van der Waals surface area contributed by atoms with Crippen LogP contribution < -0.4 is 0 Å². The predicted octanol–water partition coefficient (Wildman–Crippen LogP) is 2.36. The van der Waals surface area contributed by atoms with Gasteiger partial charge in [-0.05, 0) is 49.5 Å². The van der Waals surface area contributed by atoms with Crippen molar-refractivity contribution in [2.75, 3.05) is 0 Å². The van der Waals surface area contributed by atoms with Crippen LogP contribution in [0.4, 0.5) is 0 Å². The van der Waals surface area contributed by atoms with Crippen molar-refractivity contribution in [2.45, 2.75) is 51.7 Å². The third-order valence-electron chi connectivity index (χ3n) is 5.04. The monoisotopic (exact) mass is 248 g/mol. The van der Waals surface area contributed by atoms with Crippen LogP contribution in [0.5, 0.6) is 0 Å². The van der Waals surface area contributed by atoms with Crippen LogP contribution in [0.25, 0.3) is 0 Å². The van der Waals surface area contributed by atoms with Gasteiger partial charge in [-0.1, -0.05) is 19.1 Å². The SMILES string of the molecule is C=C1C[C@H](O)C[C@]2(C)C[C@@H]3OC(=O)C(C)=C3C[C@H]12. The molecule has 0 unspecified atom stereocenters. The summed E-state index contributed by atoms with van der Waals surface area (Å²) in [5.74, 6) is 0.222. The molecule has 1 aliphatic heterocycles. The molecular weight excluding hydrogens is 228 g/mol. The Balaban J connectivity index is 1.96. The minimum atomic E-state index is -0.289. The number of aliphatic hydroxyl groups is 1. The minimum Gasteiger partial charge on any atom is -0.454 e. The summed E-state index contributed by atoms with van der Waals surface area (Å²) in [6.07, 6.45) is 2.85. The van der Waals surface area contributed by atoms with Crippen LogP contribution in [0.15, 0.2) is 23.3 Å². The van der Waals surface area contributed by atoms with Gasteiger partial charge in [-0.25, -0.2) is 4.79 Å². The van der Waals surface area contributed by atoms with Crippen molar-refractivity contribution < 1.29 is 14.6 Å². The summed E-state index contributed by atoms with van der Waals surface area (Å²) in [6.45, 7) is 8.20. The van der Waals surface area contributed by atoms with Gasteiger partial charge in [-0.3, -0.25) is 0 Å². The molecule has 0 bridgehead atoms. The van der Waals surface area contributed by atoms with Gasteiger partial charge in [0, 0.05) is 5.57 Å². The number of esters is 1. The fraction of sp³-hybridized carbons (Fsp3) is 0.667. The molecule has 2 aliphatic carbocycles. The van der Waals surface area contributed by atoms with Crippen LogP contribution in [-0.2, 0) is 9.53 Å². The zero-order valence-corrected chi connectivity index (χ0v) is 11.0. The lowest BCUT2D eigenvalue weighted by Crippen LogP contribution is -2.44. The minimum absolute atomic E-state index is 0.0216. The van der Waals surface area contributed by atoms with Gasteiger partial charge < -0.3 is 9.84 Å². The zero-order valence-electron chi connectivity index (χ0n) is 11.0. The van der Waals surface area contributed by atoms with E-state index in [1.54, 1.807) is 0 Å². The summed E-state index contributed by atoms with van der Waals surface area (Å²) >= 11 is 0. The molecule has 0 spiro atoms. The molecule has 1 heterocycles. The quantitative estimate of drug-likeness (QED) is 0.529. The van der Waals surface area contributed by atoms with Gasteiger partial charge in [-0.2, -0.15) is 0 Å². The Kier molecular flexibility index (Phi) is 2.46. The summed E-state index contributed by atoms with van der Waals surface area (Å²) in [5.41, 5.74) is 3.11. The standard InChI is InChI=1S/C15H20O3/c1-8-4-10(16)6-15(3)7-13-11(5-12(8)15)9(2)14(17)18-13/h10,12-13,16H,1,4-7H2,2-3H3/t10-,12+,13-,15+/m0/s1. The van der Waals surface area contributed by atoms with E-state index < -0.39 is 0 Å². The lowest BCUT2D eigenvalue weighted by molar-refractivity contribution is -0.142. The van der Waals surface area contributed by atoms with Crippen molar-refractivity contribution in [3.05, 3.63) is 23.3 Å². The van der Waals surface area contributed by atoms with Gasteiger partial charge in [-0.15, -0.1) is 0 Å². The van der Waals surface area contributed by atoms with Crippen molar-refractivity contribution >= 4 is 5.97 Å². The molecule has 3 aliphatic rings. The third kappa shape index (κ3) is 1.57. The Bertz CT molecular complexity index is 462. The van der Waals surface area contributed by atoms with Crippen LogP contribution >= 0.6 is 0 Å². The fourth-order valence-electron chi connectivity index (χ4n) is 4.06. The van der Waals surface area contributed by atoms with Crippen molar-refractivity contribution in [1.82, 2.24) is 0 Å². The Morgan fingerprint density at radius 2 is 2.11 bits per heavy atom. The second kappa shape index (κ2) is 3.70. The van der Waals surface area contributed by atoms with E-state index in [0.717, 1.165) is 30.4 Å². The van der Waals surface area contributed by atoms with E-state index in [4.69, 9.17) is 4.74 Å². The molecule has 98 valence electrons. The van der Waals surface area contributed by atoms with Gasteiger partial charge >= 0.3 is 5.97 Å². The second-order valence-electron chi connectivity index (χ2n) is 6.38. The van der Waals surface area contributed by atoms with Gasteiger partial charge in [0.1, 0.15) is 6.10 Å². The summed E-state index contributed by atoms with van der Waals surface area (Å²) in [5, 5.41) is 9.95. The Morgan fingerprint density at radius 1 is 1.39 bits per heavy atom. The van der Waals surface area contributed by atoms with E-state index in [1.165, 1.54) is 5.57 Å². The second-order valence-corrected chi connectivity index (χ2v) is 6.38. The largest absolute Gasteiger partial charge is 0.454 e. The van der Waals surface area contributed by atoms with Crippen molar-refractivity contribution in [3.63, 3.8) is 0 Å². The number of carbonyl (C=O) groups excluding carboxylic acids is 1. The van der Waals surface area contributed by atoms with E-state index in [2.05, 4.69) is 13.5 Å². The molecule has 0 aromatic carbocycles. The highest BCUT2D eigenvalue weighted by molar-refractivity contribution is 5.91. The number of carbonyl (C=O) groups is 1. The van der Waals surface area contributed by atoms with Crippen LogP contribution in [0.1, 0.15) is 39.5 Å². The predicted molar refractivity (Wildman–Crippen MR) is 67.8 cm³/mol. The first-order chi connectivity index (χ1) is 8.40. The molecule has 3 rings (SSSR count). The van der Waals surface area contributed by atoms with Crippen LogP contribution in [0.2, 0.25) is 0 Å². The topological polar surface area (TPSA) is 46.5 Å². The van der Waals surface area contributed by atoms with Crippen LogP contribution in [-0.4, -0.2) is 23.3 Å². The molecule has 0 aromatic heterocycles. The van der Waals surface area contributed by atoms with Gasteiger partial charge in [0.25, 0.3) is 0 Å². The van der Waals surface area contributed by atoms with E-state index in [0.29, 0.717) is 12.3 Å². The lowest BCUT2D eigenvalue weighted by atomic mass is 9.56. The zero-order chi connectivity index (χ0) is 13.1. The normalized spacial score (nSPS) is 43.6. The molecule has 0 radical (unpaired) electrons. The van der Waals surface area contributed by atoms with Crippen LogP contribution in [0.3, 0.4) is 0 Å². The van der Waals surface area contributed by atoms with Crippen LogP contribution in [0, 0.1) is 11.3 Å². The number of aliphatic hydroxyl groups excluding tert-OH is 1. The first-order valence-electron chi connectivity index (χ1n) is 6.67. The maximum Gasteiger partial charge on any atom is 0.334 e. The number of hydrogen-bond donors (Lipinski definition) is 1. The average Bonchev–Trinajstić information content (AvgIpc) is 2.50. The maximum atomic E-state index is 11.6. The number of rotatable bonds is 0. The summed E-state index contributed by atoms with van der Waals surface area (Å²) < 4.78 is 5.44. The summed E-state index contributed by atoms with van der Waals surface area (Å²) in [4.78, 5) is 11.6. The Labute approximate surface area is 108 Å². The summed E-state index contributed by atoms with van der Waals surface area (Å²) in [6, 6.07) is 0. The Hall–Kier alpha value is -1.09. The number of ether oxygens (including phenoxy) is 1. The smallest absolute Gasteiger partial charge is 0.334 e. The van der Waals surface area contributed by atoms with Gasteiger partial charge in [0.2, 0.25) is 0 Å². The van der Waals surface area contributed by atoms with Crippen molar-refractivity contribution in [1.29, 1.82) is 0 Å². The molecular formula is C15H20O3. The molecule has 3 heteroatoms. The molecule has 2 fully saturated rings. The number of fused-ring (bicyclic) bond motifs is 2. The molecule has 2 saturated carbocycles. The van der Waals surface area contributed by atoms with Gasteiger partial charge in [0.05, 0.1) is 6.10 Å².